The Kier molecular flexibility index (Phi) is 4.73. The zero-order chi connectivity index (χ0) is 14.9. The number of nitrogens with zero attached hydrogens (tertiary/aromatic N) is 1. The van der Waals surface area contributed by atoms with Crippen molar-refractivity contribution < 1.29 is 8.42 Å². The number of hydrogen-bond donors (Lipinski definition) is 2. The van der Waals surface area contributed by atoms with Crippen molar-refractivity contribution >= 4 is 69.2 Å². The van der Waals surface area contributed by atoms with Gasteiger partial charge in [0.25, 0.3) is 10.0 Å². The molecule has 20 heavy (non-hydrogen) atoms. The van der Waals surface area contributed by atoms with Crippen molar-refractivity contribution in [1.82, 2.24) is 4.98 Å². The zero-order valence-corrected chi connectivity index (χ0v) is 15.3. The summed E-state index contributed by atoms with van der Waals surface area (Å²) < 4.78 is 28.7. The molecule has 0 radical (unpaired) electrons. The molecule has 0 fully saturated rings. The highest BCUT2D eigenvalue weighted by Gasteiger charge is 2.22. The Morgan fingerprint density at radius 1 is 1.20 bits per heavy atom. The summed E-state index contributed by atoms with van der Waals surface area (Å²) in [6.07, 6.45) is 1.55. The smallest absolute Gasteiger partial charge is 0.265 e. The number of sulfonamides is 1. The minimum atomic E-state index is -3.83. The van der Waals surface area contributed by atoms with Gasteiger partial charge in [-0.1, -0.05) is 15.9 Å². The molecule has 0 aliphatic heterocycles. The van der Waals surface area contributed by atoms with Crippen molar-refractivity contribution in [3.05, 3.63) is 44.0 Å². The molecule has 1 heterocycles. The van der Waals surface area contributed by atoms with Crippen molar-refractivity contribution in [3.8, 4) is 0 Å². The molecule has 2 rings (SSSR count). The van der Waals surface area contributed by atoms with E-state index in [4.69, 9.17) is 5.73 Å². The molecule has 0 unspecified atom stereocenters. The summed E-state index contributed by atoms with van der Waals surface area (Å²) in [6.45, 7) is 0. The summed E-state index contributed by atoms with van der Waals surface area (Å²) in [5.74, 6) is 0. The van der Waals surface area contributed by atoms with Gasteiger partial charge in [0.05, 0.1) is 11.4 Å². The predicted molar refractivity (Wildman–Crippen MR) is 89.0 cm³/mol. The van der Waals surface area contributed by atoms with Crippen molar-refractivity contribution in [3.63, 3.8) is 0 Å². The van der Waals surface area contributed by atoms with Crippen LogP contribution in [0.15, 0.2) is 48.9 Å². The van der Waals surface area contributed by atoms with Gasteiger partial charge in [0.1, 0.15) is 9.50 Å². The molecular weight excluding hydrogens is 478 g/mol. The van der Waals surface area contributed by atoms with Crippen LogP contribution in [-0.4, -0.2) is 13.4 Å². The van der Waals surface area contributed by atoms with Gasteiger partial charge >= 0.3 is 0 Å². The molecule has 1 aromatic heterocycles. The van der Waals surface area contributed by atoms with Gasteiger partial charge in [0.15, 0.2) is 0 Å². The predicted octanol–water partition coefficient (Wildman–Crippen LogP) is 3.75. The number of hydrogen-bond acceptors (Lipinski definition) is 4. The molecule has 1 aromatic carbocycles. The fourth-order valence-electron chi connectivity index (χ4n) is 1.52. The third kappa shape index (κ3) is 3.33. The van der Waals surface area contributed by atoms with Crippen LogP contribution in [0.3, 0.4) is 0 Å². The first-order valence-electron chi connectivity index (χ1n) is 5.19. The molecule has 2 aromatic rings. The third-order valence-electron chi connectivity index (χ3n) is 2.31. The lowest BCUT2D eigenvalue weighted by Gasteiger charge is -2.13. The molecule has 0 spiro atoms. The van der Waals surface area contributed by atoms with Crippen LogP contribution in [0.2, 0.25) is 0 Å². The van der Waals surface area contributed by atoms with Crippen LogP contribution in [0.5, 0.6) is 0 Å². The molecule has 0 saturated carbocycles. The highest BCUT2D eigenvalue weighted by molar-refractivity contribution is 9.11. The van der Waals surface area contributed by atoms with E-state index in [1.54, 1.807) is 24.4 Å². The number of aromatic nitrogens is 1. The highest BCUT2D eigenvalue weighted by Crippen LogP contribution is 2.33. The number of halogens is 3. The SMILES string of the molecule is Nc1cc(Br)cc(Br)c1S(=O)(=O)Nc1cccnc1Br. The van der Waals surface area contributed by atoms with E-state index in [0.29, 0.717) is 19.2 Å². The Bertz CT molecular complexity index is 742. The second kappa shape index (κ2) is 6.00. The molecule has 0 aliphatic rings. The molecular formula is C11H8Br3N3O2S. The van der Waals surface area contributed by atoms with E-state index in [2.05, 4.69) is 57.5 Å². The maximum absolute atomic E-state index is 12.4. The Labute approximate surface area is 141 Å². The van der Waals surface area contributed by atoms with Gasteiger partial charge in [0.2, 0.25) is 0 Å². The second-order valence-electron chi connectivity index (χ2n) is 3.75. The summed E-state index contributed by atoms with van der Waals surface area (Å²) in [7, 11) is -3.83. The van der Waals surface area contributed by atoms with Crippen LogP contribution in [0.25, 0.3) is 0 Å². The van der Waals surface area contributed by atoms with Crippen LogP contribution in [0.1, 0.15) is 0 Å². The number of anilines is 2. The fraction of sp³-hybridized carbons (Fsp3) is 0. The monoisotopic (exact) mass is 483 g/mol. The van der Waals surface area contributed by atoms with Gasteiger partial charge in [0, 0.05) is 15.1 Å². The van der Waals surface area contributed by atoms with Crippen LogP contribution < -0.4 is 10.5 Å². The Morgan fingerprint density at radius 2 is 1.90 bits per heavy atom. The number of rotatable bonds is 3. The van der Waals surface area contributed by atoms with Crippen LogP contribution >= 0.6 is 47.8 Å². The summed E-state index contributed by atoms with van der Waals surface area (Å²) in [6, 6.07) is 6.36. The number of pyridine rings is 1. The zero-order valence-electron chi connectivity index (χ0n) is 9.77. The molecule has 106 valence electrons. The Hall–Kier alpha value is -0.640. The lowest BCUT2D eigenvalue weighted by molar-refractivity contribution is 0.601. The van der Waals surface area contributed by atoms with Gasteiger partial charge in [-0.15, -0.1) is 0 Å². The number of nitrogens with one attached hydrogen (secondary N) is 1. The van der Waals surface area contributed by atoms with Gasteiger partial charge < -0.3 is 5.73 Å². The Balaban J connectivity index is 2.50. The van der Waals surface area contributed by atoms with Gasteiger partial charge in [-0.3, -0.25) is 4.72 Å². The minimum absolute atomic E-state index is 0.0172. The standard InChI is InChI=1S/C11H8Br3N3O2S/c12-6-4-7(13)10(8(15)5-6)20(18,19)17-9-2-1-3-16-11(9)14/h1-5,17H,15H2. The molecule has 5 nitrogen and oxygen atoms in total. The lowest BCUT2D eigenvalue weighted by Crippen LogP contribution is -2.16. The lowest BCUT2D eigenvalue weighted by atomic mass is 10.3. The van der Waals surface area contributed by atoms with Crippen LogP contribution in [-0.2, 0) is 10.0 Å². The highest BCUT2D eigenvalue weighted by atomic mass is 79.9. The van der Waals surface area contributed by atoms with Crippen molar-refractivity contribution in [2.45, 2.75) is 4.90 Å². The van der Waals surface area contributed by atoms with Crippen LogP contribution in [0, 0.1) is 0 Å². The van der Waals surface area contributed by atoms with Crippen LogP contribution in [0.4, 0.5) is 11.4 Å². The van der Waals surface area contributed by atoms with E-state index in [0.717, 1.165) is 0 Å². The van der Waals surface area contributed by atoms with Gasteiger partial charge in [-0.2, -0.15) is 0 Å². The average molecular weight is 486 g/mol. The summed E-state index contributed by atoms with van der Waals surface area (Å²) >= 11 is 9.64. The Morgan fingerprint density at radius 3 is 2.50 bits per heavy atom. The number of nitrogen functional groups attached to an aromatic ring is 1. The molecule has 9 heteroatoms. The molecule has 0 saturated heterocycles. The van der Waals surface area contributed by atoms with E-state index in [1.807, 2.05) is 0 Å². The van der Waals surface area contributed by atoms with E-state index >= 15 is 0 Å². The third-order valence-corrected chi connectivity index (χ3v) is 5.77. The second-order valence-corrected chi connectivity index (χ2v) is 7.89. The van der Waals surface area contributed by atoms with Gasteiger partial charge in [-0.25, -0.2) is 13.4 Å². The first-order chi connectivity index (χ1) is 9.31. The molecule has 0 aliphatic carbocycles. The maximum atomic E-state index is 12.4. The average Bonchev–Trinajstić information content (AvgIpc) is 2.30. The normalized spacial score (nSPS) is 11.3. The van der Waals surface area contributed by atoms with Crippen molar-refractivity contribution in [2.24, 2.45) is 0 Å². The van der Waals surface area contributed by atoms with Crippen molar-refractivity contribution in [1.29, 1.82) is 0 Å². The van der Waals surface area contributed by atoms with E-state index in [9.17, 15) is 8.42 Å². The summed E-state index contributed by atoms with van der Waals surface area (Å²) in [5.41, 5.74) is 6.27. The molecule has 0 atom stereocenters. The number of benzene rings is 1. The first kappa shape index (κ1) is 15.7. The van der Waals surface area contributed by atoms with Gasteiger partial charge in [-0.05, 0) is 56.1 Å². The van der Waals surface area contributed by atoms with E-state index in [1.165, 1.54) is 6.07 Å². The molecule has 0 amide bonds. The number of nitrogens with two attached hydrogens (primary N) is 1. The van der Waals surface area contributed by atoms with E-state index in [-0.39, 0.29) is 10.6 Å². The first-order valence-corrected chi connectivity index (χ1v) is 9.05. The molecule has 0 bridgehead atoms. The fourth-order valence-corrected chi connectivity index (χ4v) is 5.14. The summed E-state index contributed by atoms with van der Waals surface area (Å²) in [5, 5.41) is 0. The summed E-state index contributed by atoms with van der Waals surface area (Å²) in [4.78, 5) is 3.94. The topological polar surface area (TPSA) is 85.1 Å². The molecule has 3 N–H and O–H groups in total. The maximum Gasteiger partial charge on any atom is 0.265 e. The minimum Gasteiger partial charge on any atom is -0.398 e. The van der Waals surface area contributed by atoms with E-state index < -0.39 is 10.0 Å². The largest absolute Gasteiger partial charge is 0.398 e. The van der Waals surface area contributed by atoms with Crippen molar-refractivity contribution in [2.75, 3.05) is 10.5 Å². The quantitative estimate of drug-likeness (QED) is 0.512.